The maximum Gasteiger partial charge on any atom is 0.100 e. The molecule has 0 radical (unpaired) electrons. The van der Waals surface area contributed by atoms with Crippen molar-refractivity contribution in [1.29, 1.82) is 0 Å². The van der Waals surface area contributed by atoms with Gasteiger partial charge in [-0.25, -0.2) is 4.59 Å². The zero-order valence-corrected chi connectivity index (χ0v) is 9.36. The van der Waals surface area contributed by atoms with Crippen LogP contribution in [0.3, 0.4) is 0 Å². The van der Waals surface area contributed by atoms with E-state index in [9.17, 15) is 0 Å². The van der Waals surface area contributed by atoms with E-state index >= 15 is 0 Å². The van der Waals surface area contributed by atoms with E-state index in [1.54, 1.807) is 0 Å². The molecule has 2 N–H and O–H groups in total. The Labute approximate surface area is 92.3 Å². The van der Waals surface area contributed by atoms with Crippen LogP contribution in [0.25, 0.3) is 0 Å². The summed E-state index contributed by atoms with van der Waals surface area (Å²) in [5.41, 5.74) is 1.41. The number of likely N-dealkylation sites (tertiary alicyclic amines) is 1. The fraction of sp³-hybridized carbons (Fsp3) is 0.538. The van der Waals surface area contributed by atoms with Crippen LogP contribution in [0.5, 0.6) is 0 Å². The Kier molecular flexibility index (Phi) is 3.39. The Balaban J connectivity index is 1.87. The molecule has 0 amide bonds. The van der Waals surface area contributed by atoms with Gasteiger partial charge in [-0.1, -0.05) is 30.3 Å². The normalized spacial score (nSPS) is 20.1. The van der Waals surface area contributed by atoms with Crippen molar-refractivity contribution in [3.63, 3.8) is 0 Å². The van der Waals surface area contributed by atoms with E-state index in [1.165, 1.54) is 24.8 Å². The van der Waals surface area contributed by atoms with Gasteiger partial charge in [0.1, 0.15) is 6.54 Å². The topological polar surface area (TPSA) is 26.0 Å². The van der Waals surface area contributed by atoms with Crippen LogP contribution in [-0.4, -0.2) is 24.2 Å². The van der Waals surface area contributed by atoms with E-state index in [-0.39, 0.29) is 0 Å². The first-order valence-corrected chi connectivity index (χ1v) is 5.97. The summed E-state index contributed by atoms with van der Waals surface area (Å²) in [4.78, 5) is 0. The number of rotatable bonds is 3. The summed E-state index contributed by atoms with van der Waals surface area (Å²) in [7, 11) is 0. The molecular formula is C13H21N2+. The first-order valence-electron chi connectivity index (χ1n) is 5.97. The lowest BCUT2D eigenvalue weighted by molar-refractivity contribution is -0.943. The summed E-state index contributed by atoms with van der Waals surface area (Å²) in [5.74, 6) is 6.34. The summed E-state index contributed by atoms with van der Waals surface area (Å²) in [5, 5.41) is 0. The van der Waals surface area contributed by atoms with Crippen molar-refractivity contribution in [1.82, 2.24) is 0 Å². The summed E-state index contributed by atoms with van der Waals surface area (Å²) < 4.78 is 0.787. The third kappa shape index (κ3) is 3.05. The molecule has 1 aromatic carbocycles. The van der Waals surface area contributed by atoms with Gasteiger partial charge in [0.15, 0.2) is 0 Å². The molecule has 0 unspecified atom stereocenters. The second-order valence-electron chi connectivity index (χ2n) is 4.69. The van der Waals surface area contributed by atoms with Crippen molar-refractivity contribution in [3.8, 4) is 0 Å². The van der Waals surface area contributed by atoms with Gasteiger partial charge < -0.3 is 0 Å². The lowest BCUT2D eigenvalue weighted by atomic mass is 10.1. The van der Waals surface area contributed by atoms with Crippen molar-refractivity contribution >= 4 is 0 Å². The van der Waals surface area contributed by atoms with Crippen LogP contribution in [0.2, 0.25) is 0 Å². The fourth-order valence-electron chi connectivity index (χ4n) is 2.36. The van der Waals surface area contributed by atoms with Crippen molar-refractivity contribution < 1.29 is 4.59 Å². The first kappa shape index (κ1) is 10.7. The molecule has 2 nitrogen and oxygen atoms in total. The number of benzene rings is 1. The number of hydrogen-bond donors (Lipinski definition) is 1. The van der Waals surface area contributed by atoms with Crippen molar-refractivity contribution in [2.24, 2.45) is 5.84 Å². The van der Waals surface area contributed by atoms with E-state index in [4.69, 9.17) is 5.84 Å². The van der Waals surface area contributed by atoms with Crippen molar-refractivity contribution in [2.75, 3.05) is 19.6 Å². The van der Waals surface area contributed by atoms with Crippen molar-refractivity contribution in [3.05, 3.63) is 35.9 Å². The monoisotopic (exact) mass is 205 g/mol. The van der Waals surface area contributed by atoms with Gasteiger partial charge in [0, 0.05) is 6.42 Å². The predicted molar refractivity (Wildman–Crippen MR) is 63.0 cm³/mol. The van der Waals surface area contributed by atoms with Crippen LogP contribution in [0.1, 0.15) is 24.8 Å². The molecule has 82 valence electrons. The average molecular weight is 205 g/mol. The lowest BCUT2D eigenvalue weighted by Gasteiger charge is -2.36. The molecule has 0 saturated carbocycles. The third-order valence-corrected chi connectivity index (χ3v) is 3.40. The largest absolute Gasteiger partial charge is 0.248 e. The molecule has 1 aliphatic heterocycles. The quantitative estimate of drug-likeness (QED) is 0.593. The summed E-state index contributed by atoms with van der Waals surface area (Å²) in [6.45, 7) is 3.41. The van der Waals surface area contributed by atoms with Crippen LogP contribution in [-0.2, 0) is 6.42 Å². The maximum atomic E-state index is 6.34. The van der Waals surface area contributed by atoms with Gasteiger partial charge in [-0.15, -0.1) is 0 Å². The molecule has 1 heterocycles. The highest BCUT2D eigenvalue weighted by atomic mass is 15.6. The Morgan fingerprint density at radius 1 is 1.00 bits per heavy atom. The zero-order valence-electron chi connectivity index (χ0n) is 9.36. The Bertz CT molecular complexity index is 289. The minimum absolute atomic E-state index is 0.787. The Morgan fingerprint density at radius 2 is 1.67 bits per heavy atom. The Morgan fingerprint density at radius 3 is 2.33 bits per heavy atom. The highest BCUT2D eigenvalue weighted by molar-refractivity contribution is 5.14. The standard InChI is InChI=1S/C13H21N2/c14-15(10-5-2-6-11-15)12-9-13-7-3-1-4-8-13/h1,3-4,7-8H,2,5-6,9-12,14H2/q+1. The van der Waals surface area contributed by atoms with Gasteiger partial charge in [-0.3, -0.25) is 0 Å². The number of quaternary nitrogens is 1. The second kappa shape index (κ2) is 4.77. The molecule has 2 rings (SSSR count). The molecule has 1 aliphatic rings. The van der Waals surface area contributed by atoms with Gasteiger partial charge in [-0.05, 0) is 24.8 Å². The maximum absolute atomic E-state index is 6.34. The summed E-state index contributed by atoms with van der Waals surface area (Å²) >= 11 is 0. The molecule has 2 heteroatoms. The SMILES string of the molecule is N[N+]1(CCc2ccccc2)CCCCC1. The molecule has 0 atom stereocenters. The highest BCUT2D eigenvalue weighted by Gasteiger charge is 2.25. The summed E-state index contributed by atoms with van der Waals surface area (Å²) in [6, 6.07) is 10.7. The van der Waals surface area contributed by atoms with E-state index < -0.39 is 0 Å². The van der Waals surface area contributed by atoms with Gasteiger partial charge in [0.2, 0.25) is 0 Å². The van der Waals surface area contributed by atoms with Crippen LogP contribution in [0, 0.1) is 0 Å². The van der Waals surface area contributed by atoms with Crippen LogP contribution >= 0.6 is 0 Å². The van der Waals surface area contributed by atoms with E-state index in [0.29, 0.717) is 0 Å². The molecule has 15 heavy (non-hydrogen) atoms. The highest BCUT2D eigenvalue weighted by Crippen LogP contribution is 2.14. The third-order valence-electron chi connectivity index (χ3n) is 3.40. The predicted octanol–water partition coefficient (Wildman–Crippen LogP) is 2.10. The number of piperidine rings is 1. The summed E-state index contributed by atoms with van der Waals surface area (Å²) in [6.07, 6.45) is 5.07. The number of nitrogens with zero attached hydrogens (tertiary/aromatic N) is 1. The molecule has 1 aromatic rings. The van der Waals surface area contributed by atoms with Crippen molar-refractivity contribution in [2.45, 2.75) is 25.7 Å². The molecule has 1 fully saturated rings. The van der Waals surface area contributed by atoms with E-state index in [0.717, 1.165) is 30.6 Å². The number of hydrogen-bond acceptors (Lipinski definition) is 1. The van der Waals surface area contributed by atoms with Crippen LogP contribution in [0.4, 0.5) is 0 Å². The average Bonchev–Trinajstić information content (AvgIpc) is 2.29. The minimum atomic E-state index is 0.787. The van der Waals surface area contributed by atoms with Gasteiger partial charge in [0.25, 0.3) is 0 Å². The second-order valence-corrected chi connectivity index (χ2v) is 4.69. The molecule has 1 saturated heterocycles. The molecule has 0 aliphatic carbocycles. The number of nitrogens with two attached hydrogens (primary N) is 1. The van der Waals surface area contributed by atoms with E-state index in [2.05, 4.69) is 30.3 Å². The molecule has 0 bridgehead atoms. The van der Waals surface area contributed by atoms with Crippen LogP contribution in [0.15, 0.2) is 30.3 Å². The minimum Gasteiger partial charge on any atom is -0.248 e. The van der Waals surface area contributed by atoms with Gasteiger partial charge in [-0.2, -0.15) is 5.84 Å². The molecule has 0 spiro atoms. The molecule has 0 aromatic heterocycles. The lowest BCUT2D eigenvalue weighted by Crippen LogP contribution is -2.58. The Hall–Kier alpha value is -0.860. The van der Waals surface area contributed by atoms with Gasteiger partial charge >= 0.3 is 0 Å². The first-order chi connectivity index (χ1) is 7.29. The van der Waals surface area contributed by atoms with Crippen LogP contribution < -0.4 is 5.84 Å². The smallest absolute Gasteiger partial charge is 0.100 e. The fourth-order valence-corrected chi connectivity index (χ4v) is 2.36. The zero-order chi connectivity index (χ0) is 10.6. The van der Waals surface area contributed by atoms with E-state index in [1.807, 2.05) is 0 Å². The molecular weight excluding hydrogens is 184 g/mol. The van der Waals surface area contributed by atoms with Gasteiger partial charge in [0.05, 0.1) is 13.1 Å².